The Balaban J connectivity index is 3.03. The summed E-state index contributed by atoms with van der Waals surface area (Å²) in [5, 5.41) is 0. The maximum atomic E-state index is 11.4. The number of rotatable bonds is 4. The van der Waals surface area contributed by atoms with Crippen LogP contribution in [0.2, 0.25) is 0 Å². The van der Waals surface area contributed by atoms with Gasteiger partial charge in [-0.25, -0.2) is 4.79 Å². The Bertz CT molecular complexity index is 378. The van der Waals surface area contributed by atoms with Gasteiger partial charge in [0.1, 0.15) is 5.75 Å². The van der Waals surface area contributed by atoms with E-state index < -0.39 is 12.1 Å². The second kappa shape index (κ2) is 5.37. The molecule has 0 radical (unpaired) electrons. The molecule has 2 N–H and O–H groups in total. The lowest BCUT2D eigenvalue weighted by atomic mass is 10.1. The minimum absolute atomic E-state index is 0.450. The lowest BCUT2D eigenvalue weighted by Crippen LogP contribution is -2.16. The van der Waals surface area contributed by atoms with E-state index in [1.54, 1.807) is 18.2 Å². The molecule has 0 heterocycles. The predicted molar refractivity (Wildman–Crippen MR) is 59.2 cm³/mol. The van der Waals surface area contributed by atoms with E-state index in [0.717, 1.165) is 0 Å². The van der Waals surface area contributed by atoms with Gasteiger partial charge >= 0.3 is 5.97 Å². The number of carbonyl (C=O) groups excluding carboxylic acids is 1. The highest BCUT2D eigenvalue weighted by atomic mass is 16.6. The molecule has 5 heteroatoms. The van der Waals surface area contributed by atoms with Crippen molar-refractivity contribution in [2.75, 3.05) is 27.1 Å². The van der Waals surface area contributed by atoms with Crippen LogP contribution in [0.4, 0.5) is 5.69 Å². The summed E-state index contributed by atoms with van der Waals surface area (Å²) in [4.78, 5) is 11.4. The Morgan fingerprint density at radius 2 is 2.00 bits per heavy atom. The maximum Gasteiger partial charge on any atom is 0.339 e. The fourth-order valence-electron chi connectivity index (χ4n) is 1.39. The third kappa shape index (κ3) is 2.43. The number of nitrogens with two attached hydrogens (primary N) is 1. The van der Waals surface area contributed by atoms with Gasteiger partial charge in [-0.15, -0.1) is 0 Å². The van der Waals surface area contributed by atoms with Crippen LogP contribution in [0.15, 0.2) is 18.2 Å². The molecule has 1 aromatic carbocycles. The van der Waals surface area contributed by atoms with Crippen molar-refractivity contribution >= 4 is 11.7 Å². The molecule has 0 fully saturated rings. The Labute approximate surface area is 94.1 Å². The Morgan fingerprint density at radius 3 is 2.44 bits per heavy atom. The van der Waals surface area contributed by atoms with Crippen LogP contribution in [0.1, 0.15) is 11.7 Å². The summed E-state index contributed by atoms with van der Waals surface area (Å²) in [7, 11) is 4.27. The van der Waals surface area contributed by atoms with Crippen molar-refractivity contribution in [2.45, 2.75) is 6.10 Å². The number of esters is 1. The normalized spacial score (nSPS) is 11.9. The van der Waals surface area contributed by atoms with E-state index in [4.69, 9.17) is 15.2 Å². The molecule has 0 amide bonds. The SMILES string of the molecule is COC(=O)C(OC)c1ccc(OC)c(N)c1. The van der Waals surface area contributed by atoms with E-state index in [2.05, 4.69) is 4.74 Å². The van der Waals surface area contributed by atoms with E-state index >= 15 is 0 Å². The summed E-state index contributed by atoms with van der Waals surface area (Å²) in [6.07, 6.45) is -0.766. The predicted octanol–water partition coefficient (Wildman–Crippen LogP) is 1.14. The molecule has 1 aromatic rings. The van der Waals surface area contributed by atoms with Crippen molar-refractivity contribution in [3.63, 3.8) is 0 Å². The summed E-state index contributed by atoms with van der Waals surface area (Å²) in [5.74, 6) is 0.0931. The lowest BCUT2D eigenvalue weighted by Gasteiger charge is -2.14. The molecule has 16 heavy (non-hydrogen) atoms. The number of methoxy groups -OCH3 is 3. The van der Waals surface area contributed by atoms with Gasteiger partial charge in [-0.1, -0.05) is 6.07 Å². The molecule has 0 aliphatic heterocycles. The number of carbonyl (C=O) groups is 1. The molecule has 88 valence electrons. The van der Waals surface area contributed by atoms with Gasteiger partial charge in [-0.2, -0.15) is 0 Å². The maximum absolute atomic E-state index is 11.4. The average molecular weight is 225 g/mol. The molecule has 0 aromatic heterocycles. The van der Waals surface area contributed by atoms with Crippen LogP contribution in [0.5, 0.6) is 5.75 Å². The van der Waals surface area contributed by atoms with Crippen molar-refractivity contribution in [1.29, 1.82) is 0 Å². The van der Waals surface area contributed by atoms with Crippen molar-refractivity contribution in [1.82, 2.24) is 0 Å². The van der Waals surface area contributed by atoms with Crippen molar-refractivity contribution < 1.29 is 19.0 Å². The first-order chi connectivity index (χ1) is 7.63. The molecule has 0 bridgehead atoms. The highest BCUT2D eigenvalue weighted by Crippen LogP contribution is 2.27. The number of hydrogen-bond acceptors (Lipinski definition) is 5. The van der Waals surface area contributed by atoms with E-state index in [1.807, 2.05) is 0 Å². The average Bonchev–Trinajstić information content (AvgIpc) is 2.30. The number of ether oxygens (including phenoxy) is 3. The fourth-order valence-corrected chi connectivity index (χ4v) is 1.39. The number of anilines is 1. The molecular formula is C11H15NO4. The third-order valence-electron chi connectivity index (χ3n) is 2.21. The van der Waals surface area contributed by atoms with Crippen LogP contribution in [-0.2, 0) is 14.3 Å². The van der Waals surface area contributed by atoms with Gasteiger partial charge < -0.3 is 19.9 Å². The topological polar surface area (TPSA) is 70.8 Å². The van der Waals surface area contributed by atoms with Gasteiger partial charge in [0.2, 0.25) is 0 Å². The molecular weight excluding hydrogens is 210 g/mol. The third-order valence-corrected chi connectivity index (χ3v) is 2.21. The first-order valence-electron chi connectivity index (χ1n) is 4.68. The zero-order valence-corrected chi connectivity index (χ0v) is 9.52. The van der Waals surface area contributed by atoms with Crippen LogP contribution in [0.3, 0.4) is 0 Å². The molecule has 1 rings (SSSR count). The van der Waals surface area contributed by atoms with Crippen LogP contribution in [0, 0.1) is 0 Å². The van der Waals surface area contributed by atoms with Gasteiger partial charge in [0.15, 0.2) is 6.10 Å². The van der Waals surface area contributed by atoms with Crippen LogP contribution in [-0.4, -0.2) is 27.3 Å². The van der Waals surface area contributed by atoms with Crippen LogP contribution < -0.4 is 10.5 Å². The number of benzene rings is 1. The lowest BCUT2D eigenvalue weighted by molar-refractivity contribution is -0.152. The molecule has 1 unspecified atom stereocenters. The number of nitrogen functional groups attached to an aromatic ring is 1. The Morgan fingerprint density at radius 1 is 1.31 bits per heavy atom. The summed E-state index contributed by atoms with van der Waals surface area (Å²) in [6, 6.07) is 5.02. The summed E-state index contributed by atoms with van der Waals surface area (Å²) in [6.45, 7) is 0. The first-order valence-corrected chi connectivity index (χ1v) is 4.68. The zero-order chi connectivity index (χ0) is 12.1. The minimum Gasteiger partial charge on any atom is -0.495 e. The second-order valence-electron chi connectivity index (χ2n) is 3.14. The monoisotopic (exact) mass is 225 g/mol. The van der Waals surface area contributed by atoms with Gasteiger partial charge in [0.25, 0.3) is 0 Å². The smallest absolute Gasteiger partial charge is 0.339 e. The van der Waals surface area contributed by atoms with Crippen molar-refractivity contribution in [3.8, 4) is 5.75 Å². The summed E-state index contributed by atoms with van der Waals surface area (Å²) < 4.78 is 14.7. The quantitative estimate of drug-likeness (QED) is 0.614. The van der Waals surface area contributed by atoms with E-state index in [0.29, 0.717) is 17.0 Å². The van der Waals surface area contributed by atoms with E-state index in [-0.39, 0.29) is 0 Å². The zero-order valence-electron chi connectivity index (χ0n) is 9.52. The molecule has 0 aliphatic carbocycles. The Hall–Kier alpha value is -1.75. The standard InChI is InChI=1S/C11H15NO4/c1-14-9-5-4-7(6-8(9)12)10(15-2)11(13)16-3/h4-6,10H,12H2,1-3H3. The van der Waals surface area contributed by atoms with Gasteiger partial charge in [0, 0.05) is 7.11 Å². The van der Waals surface area contributed by atoms with Crippen LogP contribution in [0.25, 0.3) is 0 Å². The molecule has 0 spiro atoms. The van der Waals surface area contributed by atoms with Gasteiger partial charge in [-0.05, 0) is 17.7 Å². The summed E-state index contributed by atoms with van der Waals surface area (Å²) >= 11 is 0. The van der Waals surface area contributed by atoms with Crippen molar-refractivity contribution in [3.05, 3.63) is 23.8 Å². The minimum atomic E-state index is -0.766. The molecule has 0 saturated carbocycles. The Kier molecular flexibility index (Phi) is 4.13. The largest absolute Gasteiger partial charge is 0.495 e. The number of hydrogen-bond donors (Lipinski definition) is 1. The van der Waals surface area contributed by atoms with E-state index in [1.165, 1.54) is 21.3 Å². The highest BCUT2D eigenvalue weighted by Gasteiger charge is 2.21. The van der Waals surface area contributed by atoms with E-state index in [9.17, 15) is 4.79 Å². The van der Waals surface area contributed by atoms with Gasteiger partial charge in [0.05, 0.1) is 19.9 Å². The first kappa shape index (κ1) is 12.3. The van der Waals surface area contributed by atoms with Crippen molar-refractivity contribution in [2.24, 2.45) is 0 Å². The fraction of sp³-hybridized carbons (Fsp3) is 0.364. The highest BCUT2D eigenvalue weighted by molar-refractivity contribution is 5.77. The molecule has 0 aliphatic rings. The molecule has 0 saturated heterocycles. The summed E-state index contributed by atoms with van der Waals surface area (Å²) in [5.41, 5.74) is 6.82. The van der Waals surface area contributed by atoms with Gasteiger partial charge in [-0.3, -0.25) is 0 Å². The van der Waals surface area contributed by atoms with Crippen LogP contribution >= 0.6 is 0 Å². The molecule has 1 atom stereocenters. The molecule has 5 nitrogen and oxygen atoms in total. The second-order valence-corrected chi connectivity index (χ2v) is 3.14.